The average molecular weight is 236 g/mol. The van der Waals surface area contributed by atoms with Crippen LogP contribution in [0, 0.1) is 0 Å². The summed E-state index contributed by atoms with van der Waals surface area (Å²) in [7, 11) is 0. The molecule has 1 aliphatic rings. The maximum atomic E-state index is 11.4. The minimum absolute atomic E-state index is 0. The van der Waals surface area contributed by atoms with E-state index in [2.05, 4.69) is 0 Å². The van der Waals surface area contributed by atoms with Gasteiger partial charge in [-0.2, -0.15) is 0 Å². The smallest absolute Gasteiger partial charge is 0.223 e. The number of hydrogen-bond donors (Lipinski definition) is 1. The van der Waals surface area contributed by atoms with E-state index in [1.807, 2.05) is 0 Å². The molecule has 1 heterocycles. The molecule has 6 heteroatoms. The molecule has 0 aromatic rings. The van der Waals surface area contributed by atoms with Gasteiger partial charge in [-0.15, -0.1) is 12.4 Å². The second-order valence-electron chi connectivity index (χ2n) is 3.43. The number of piperazine rings is 1. The van der Waals surface area contributed by atoms with Crippen molar-refractivity contribution in [3.63, 3.8) is 0 Å². The molecular formula is C9H18ClN3O2. The van der Waals surface area contributed by atoms with Crippen molar-refractivity contribution >= 4 is 24.2 Å². The number of amides is 2. The lowest BCUT2D eigenvalue weighted by molar-refractivity contribution is -0.138. The highest BCUT2D eigenvalue weighted by molar-refractivity contribution is 5.85. The van der Waals surface area contributed by atoms with E-state index in [-0.39, 0.29) is 24.2 Å². The van der Waals surface area contributed by atoms with Gasteiger partial charge in [-0.25, -0.2) is 0 Å². The third kappa shape index (κ3) is 4.05. The minimum atomic E-state index is 0. The molecule has 0 aromatic heterocycles. The maximum Gasteiger partial charge on any atom is 0.223 e. The van der Waals surface area contributed by atoms with E-state index in [9.17, 15) is 9.59 Å². The van der Waals surface area contributed by atoms with E-state index >= 15 is 0 Å². The Balaban J connectivity index is 0.00000196. The summed E-state index contributed by atoms with van der Waals surface area (Å²) in [6, 6.07) is 0. The number of rotatable bonds is 2. The van der Waals surface area contributed by atoms with Crippen LogP contribution in [0.2, 0.25) is 0 Å². The summed E-state index contributed by atoms with van der Waals surface area (Å²) in [5.41, 5.74) is 5.30. The number of hydrogen-bond acceptors (Lipinski definition) is 3. The topological polar surface area (TPSA) is 66.6 Å². The monoisotopic (exact) mass is 235 g/mol. The molecule has 0 aliphatic carbocycles. The third-order valence-corrected chi connectivity index (χ3v) is 2.44. The van der Waals surface area contributed by atoms with Crippen molar-refractivity contribution in [3.05, 3.63) is 0 Å². The first-order chi connectivity index (χ1) is 6.65. The summed E-state index contributed by atoms with van der Waals surface area (Å²) in [4.78, 5) is 25.9. The normalized spacial score (nSPS) is 15.9. The van der Waals surface area contributed by atoms with E-state index in [4.69, 9.17) is 5.73 Å². The van der Waals surface area contributed by atoms with Crippen LogP contribution in [0.15, 0.2) is 0 Å². The van der Waals surface area contributed by atoms with E-state index < -0.39 is 0 Å². The van der Waals surface area contributed by atoms with Crippen molar-refractivity contribution in [1.29, 1.82) is 0 Å². The van der Waals surface area contributed by atoms with Crippen LogP contribution in [0.1, 0.15) is 13.3 Å². The van der Waals surface area contributed by atoms with Crippen molar-refractivity contribution in [2.45, 2.75) is 13.3 Å². The predicted molar refractivity (Wildman–Crippen MR) is 59.8 cm³/mol. The van der Waals surface area contributed by atoms with Crippen LogP contribution in [-0.2, 0) is 9.59 Å². The molecule has 15 heavy (non-hydrogen) atoms. The van der Waals surface area contributed by atoms with Crippen LogP contribution in [0.4, 0.5) is 0 Å². The molecule has 2 N–H and O–H groups in total. The van der Waals surface area contributed by atoms with Gasteiger partial charge in [0.05, 0.1) is 0 Å². The summed E-state index contributed by atoms with van der Waals surface area (Å²) >= 11 is 0. The molecule has 0 spiro atoms. The summed E-state index contributed by atoms with van der Waals surface area (Å²) in [5.74, 6) is 0.173. The van der Waals surface area contributed by atoms with Gasteiger partial charge in [0.15, 0.2) is 0 Å². The Bertz CT molecular complexity index is 227. The first-order valence-electron chi connectivity index (χ1n) is 4.88. The van der Waals surface area contributed by atoms with Crippen LogP contribution in [-0.4, -0.2) is 54.3 Å². The Hall–Kier alpha value is -0.810. The van der Waals surface area contributed by atoms with Crippen molar-refractivity contribution < 1.29 is 9.59 Å². The van der Waals surface area contributed by atoms with Crippen LogP contribution >= 0.6 is 12.4 Å². The van der Waals surface area contributed by atoms with Crippen LogP contribution in [0.3, 0.4) is 0 Å². The highest BCUT2D eigenvalue weighted by atomic mass is 35.5. The fourth-order valence-corrected chi connectivity index (χ4v) is 1.55. The van der Waals surface area contributed by atoms with Crippen molar-refractivity contribution in [2.75, 3.05) is 32.7 Å². The van der Waals surface area contributed by atoms with E-state index in [1.165, 1.54) is 0 Å². The summed E-state index contributed by atoms with van der Waals surface area (Å²) in [5, 5.41) is 0. The Morgan fingerprint density at radius 1 is 1.13 bits per heavy atom. The molecule has 0 bridgehead atoms. The molecule has 0 saturated carbocycles. The first kappa shape index (κ1) is 14.2. The number of nitrogens with two attached hydrogens (primary N) is 1. The quantitative estimate of drug-likeness (QED) is 0.698. The molecule has 2 amide bonds. The molecule has 0 atom stereocenters. The number of carbonyl (C=O) groups excluding carboxylic acids is 2. The van der Waals surface area contributed by atoms with Crippen molar-refractivity contribution in [3.8, 4) is 0 Å². The largest absolute Gasteiger partial charge is 0.339 e. The summed E-state index contributed by atoms with van der Waals surface area (Å²) < 4.78 is 0. The second kappa shape index (κ2) is 6.63. The lowest BCUT2D eigenvalue weighted by Gasteiger charge is -2.34. The second-order valence-corrected chi connectivity index (χ2v) is 3.43. The highest BCUT2D eigenvalue weighted by Gasteiger charge is 2.21. The molecule has 5 nitrogen and oxygen atoms in total. The summed E-state index contributed by atoms with van der Waals surface area (Å²) in [6.07, 6.45) is 0.403. The van der Waals surface area contributed by atoms with Crippen LogP contribution < -0.4 is 5.73 Å². The van der Waals surface area contributed by atoms with Gasteiger partial charge in [-0.05, 0) is 0 Å². The lowest BCUT2D eigenvalue weighted by atomic mass is 10.3. The van der Waals surface area contributed by atoms with Gasteiger partial charge >= 0.3 is 0 Å². The van der Waals surface area contributed by atoms with E-state index in [0.29, 0.717) is 39.1 Å². The highest BCUT2D eigenvalue weighted by Crippen LogP contribution is 2.03. The Labute approximate surface area is 96.0 Å². The molecule has 1 aliphatic heterocycles. The first-order valence-corrected chi connectivity index (χ1v) is 4.88. The molecule has 1 fully saturated rings. The van der Waals surface area contributed by atoms with Crippen LogP contribution in [0.25, 0.3) is 0 Å². The molecule has 0 unspecified atom stereocenters. The fourth-order valence-electron chi connectivity index (χ4n) is 1.55. The Morgan fingerprint density at radius 3 is 2.00 bits per heavy atom. The number of nitrogens with zero attached hydrogens (tertiary/aromatic N) is 2. The zero-order valence-electron chi connectivity index (χ0n) is 8.94. The lowest BCUT2D eigenvalue weighted by Crippen LogP contribution is -2.50. The van der Waals surface area contributed by atoms with Crippen LogP contribution in [0.5, 0.6) is 0 Å². The zero-order chi connectivity index (χ0) is 10.6. The van der Waals surface area contributed by atoms with Crippen molar-refractivity contribution in [2.24, 2.45) is 5.73 Å². The van der Waals surface area contributed by atoms with Gasteiger partial charge in [0.2, 0.25) is 11.8 Å². The van der Waals surface area contributed by atoms with Gasteiger partial charge < -0.3 is 15.5 Å². The Morgan fingerprint density at radius 2 is 1.60 bits per heavy atom. The molecule has 1 saturated heterocycles. The molecule has 88 valence electrons. The van der Waals surface area contributed by atoms with Gasteiger partial charge in [0.1, 0.15) is 0 Å². The van der Waals surface area contributed by atoms with Gasteiger partial charge in [-0.1, -0.05) is 0 Å². The molecular weight excluding hydrogens is 218 g/mol. The molecule has 1 rings (SSSR count). The molecule has 0 aromatic carbocycles. The Kier molecular flexibility index (Phi) is 6.27. The maximum absolute atomic E-state index is 11.4. The van der Waals surface area contributed by atoms with Gasteiger partial charge in [0, 0.05) is 46.1 Å². The third-order valence-electron chi connectivity index (χ3n) is 2.44. The van der Waals surface area contributed by atoms with E-state index in [0.717, 1.165) is 0 Å². The van der Waals surface area contributed by atoms with Gasteiger partial charge in [0.25, 0.3) is 0 Å². The average Bonchev–Trinajstić information content (AvgIpc) is 2.18. The number of halogens is 1. The van der Waals surface area contributed by atoms with E-state index in [1.54, 1.807) is 16.7 Å². The molecule has 0 radical (unpaired) electrons. The van der Waals surface area contributed by atoms with Crippen molar-refractivity contribution in [1.82, 2.24) is 9.80 Å². The fraction of sp³-hybridized carbons (Fsp3) is 0.778. The summed E-state index contributed by atoms with van der Waals surface area (Å²) in [6.45, 7) is 4.51. The number of carbonyl (C=O) groups is 2. The predicted octanol–water partition coefficient (Wildman–Crippen LogP) is -0.552. The SMILES string of the molecule is CC(=O)N1CCN(C(=O)CCN)CC1.Cl. The zero-order valence-corrected chi connectivity index (χ0v) is 9.76. The standard InChI is InChI=1S/C9H17N3O2.ClH/c1-8(13)11-4-6-12(7-5-11)9(14)2-3-10;/h2-7,10H2,1H3;1H. The van der Waals surface area contributed by atoms with Gasteiger partial charge in [-0.3, -0.25) is 9.59 Å². The minimum Gasteiger partial charge on any atom is -0.339 e.